The lowest BCUT2D eigenvalue weighted by Gasteiger charge is -2.26. The molecule has 3 heteroatoms. The molecule has 1 saturated heterocycles. The fourth-order valence-corrected chi connectivity index (χ4v) is 0.811. The van der Waals surface area contributed by atoms with E-state index in [2.05, 4.69) is 4.90 Å². The predicted octanol–water partition coefficient (Wildman–Crippen LogP) is -0.767. The van der Waals surface area contributed by atoms with Crippen LogP contribution >= 0.6 is 0 Å². The molecule has 0 aromatic heterocycles. The van der Waals surface area contributed by atoms with Crippen LogP contribution in [0, 0.1) is 0 Å². The number of morpholine rings is 1. The lowest BCUT2D eigenvalue weighted by molar-refractivity contribution is -0.0154. The predicted molar refractivity (Wildman–Crippen MR) is 31.4 cm³/mol. The summed E-state index contributed by atoms with van der Waals surface area (Å²) in [6.45, 7) is 2.64. The molecule has 1 fully saturated rings. The van der Waals surface area contributed by atoms with Crippen molar-refractivity contribution in [1.82, 2.24) is 4.90 Å². The summed E-state index contributed by atoms with van der Waals surface area (Å²) in [5.41, 5.74) is 5.46. The Morgan fingerprint density at radius 1 is 1.75 bits per heavy atom. The summed E-state index contributed by atoms with van der Waals surface area (Å²) in [6, 6.07) is 0. The van der Waals surface area contributed by atoms with Crippen molar-refractivity contribution < 1.29 is 4.74 Å². The molecule has 2 N–H and O–H groups in total. The van der Waals surface area contributed by atoms with Gasteiger partial charge in [-0.1, -0.05) is 0 Å². The van der Waals surface area contributed by atoms with Gasteiger partial charge in [0.15, 0.2) is 0 Å². The lowest BCUT2D eigenvalue weighted by Crippen LogP contribution is -2.44. The van der Waals surface area contributed by atoms with E-state index < -0.39 is 0 Å². The molecule has 0 aromatic rings. The van der Waals surface area contributed by atoms with Gasteiger partial charge in [-0.05, 0) is 7.05 Å². The Kier molecular flexibility index (Phi) is 1.83. The van der Waals surface area contributed by atoms with Crippen molar-refractivity contribution in [2.45, 2.75) is 6.23 Å². The highest BCUT2D eigenvalue weighted by Gasteiger charge is 2.11. The minimum Gasteiger partial charge on any atom is -0.361 e. The normalized spacial score (nSPS) is 33.0. The minimum absolute atomic E-state index is 0.0613. The van der Waals surface area contributed by atoms with Crippen LogP contribution in [0.4, 0.5) is 0 Å². The molecule has 0 aliphatic carbocycles. The van der Waals surface area contributed by atoms with E-state index in [-0.39, 0.29) is 6.23 Å². The maximum absolute atomic E-state index is 5.46. The Morgan fingerprint density at radius 3 is 2.88 bits per heavy atom. The first-order valence-corrected chi connectivity index (χ1v) is 2.85. The van der Waals surface area contributed by atoms with Crippen LogP contribution in [0.25, 0.3) is 0 Å². The van der Waals surface area contributed by atoms with Gasteiger partial charge < -0.3 is 15.4 Å². The van der Waals surface area contributed by atoms with E-state index in [1.807, 2.05) is 7.05 Å². The van der Waals surface area contributed by atoms with E-state index in [1.165, 1.54) is 0 Å². The van der Waals surface area contributed by atoms with Gasteiger partial charge in [0.25, 0.3) is 0 Å². The zero-order chi connectivity index (χ0) is 5.98. The van der Waals surface area contributed by atoms with Gasteiger partial charge in [0.2, 0.25) is 0 Å². The van der Waals surface area contributed by atoms with Crippen LogP contribution in [0.3, 0.4) is 0 Å². The first-order valence-electron chi connectivity index (χ1n) is 2.85. The van der Waals surface area contributed by atoms with Crippen molar-refractivity contribution in [3.05, 3.63) is 0 Å². The fourth-order valence-electron chi connectivity index (χ4n) is 0.811. The summed E-state index contributed by atoms with van der Waals surface area (Å²) < 4.78 is 5.08. The molecule has 1 heterocycles. The molecule has 0 spiro atoms. The number of rotatable bonds is 0. The van der Waals surface area contributed by atoms with Gasteiger partial charge in [-0.25, -0.2) is 0 Å². The van der Waals surface area contributed by atoms with E-state index in [1.54, 1.807) is 0 Å². The molecule has 1 aliphatic heterocycles. The number of likely N-dealkylation sites (N-methyl/N-ethyl adjacent to an activating group) is 1. The maximum atomic E-state index is 5.46. The van der Waals surface area contributed by atoms with E-state index >= 15 is 0 Å². The molecule has 8 heavy (non-hydrogen) atoms. The minimum atomic E-state index is -0.0613. The Labute approximate surface area is 49.4 Å². The number of hydrogen-bond donors (Lipinski definition) is 1. The summed E-state index contributed by atoms with van der Waals surface area (Å²) in [7, 11) is 2.04. The molecule has 0 amide bonds. The van der Waals surface area contributed by atoms with Crippen LogP contribution in [0.1, 0.15) is 0 Å². The third-order valence-electron chi connectivity index (χ3n) is 1.30. The molecule has 3 nitrogen and oxygen atoms in total. The Bertz CT molecular complexity index is 68.8. The summed E-state index contributed by atoms with van der Waals surface area (Å²) >= 11 is 0. The van der Waals surface area contributed by atoms with E-state index in [0.29, 0.717) is 0 Å². The summed E-state index contributed by atoms with van der Waals surface area (Å²) in [5.74, 6) is 0. The van der Waals surface area contributed by atoms with Crippen molar-refractivity contribution in [2.24, 2.45) is 5.73 Å². The Hall–Kier alpha value is -0.120. The Balaban J connectivity index is 2.23. The molecule has 0 bridgehead atoms. The second-order valence-electron chi connectivity index (χ2n) is 2.17. The van der Waals surface area contributed by atoms with Crippen LogP contribution in [-0.4, -0.2) is 37.9 Å². The second kappa shape index (κ2) is 2.44. The molecule has 0 aromatic carbocycles. The van der Waals surface area contributed by atoms with Crippen molar-refractivity contribution in [3.8, 4) is 0 Å². The molecule has 1 atom stereocenters. The van der Waals surface area contributed by atoms with Gasteiger partial charge in [-0.3, -0.25) is 0 Å². The second-order valence-corrected chi connectivity index (χ2v) is 2.17. The number of ether oxygens (including phenoxy) is 1. The average Bonchev–Trinajstić information content (AvgIpc) is 1.64. The zero-order valence-electron chi connectivity index (χ0n) is 5.13. The lowest BCUT2D eigenvalue weighted by atomic mass is 10.4. The smallest absolute Gasteiger partial charge is 0.118 e. The third kappa shape index (κ3) is 1.43. The summed E-state index contributed by atoms with van der Waals surface area (Å²) in [5, 5.41) is 0. The van der Waals surface area contributed by atoms with Gasteiger partial charge in [-0.2, -0.15) is 0 Å². The van der Waals surface area contributed by atoms with Gasteiger partial charge >= 0.3 is 0 Å². The first-order chi connectivity index (χ1) is 3.79. The highest BCUT2D eigenvalue weighted by Crippen LogP contribution is 1.95. The molecule has 48 valence electrons. The molecule has 1 unspecified atom stereocenters. The molecular formula is C5H12N2O. The molecular weight excluding hydrogens is 104 g/mol. The highest BCUT2D eigenvalue weighted by molar-refractivity contribution is 4.61. The van der Waals surface area contributed by atoms with Crippen LogP contribution in [0.5, 0.6) is 0 Å². The highest BCUT2D eigenvalue weighted by atomic mass is 16.5. The van der Waals surface area contributed by atoms with Crippen LogP contribution in [0.15, 0.2) is 0 Å². The van der Waals surface area contributed by atoms with Crippen molar-refractivity contribution >= 4 is 0 Å². The monoisotopic (exact) mass is 116 g/mol. The summed E-state index contributed by atoms with van der Waals surface area (Å²) in [4.78, 5) is 2.16. The van der Waals surface area contributed by atoms with E-state index in [9.17, 15) is 0 Å². The summed E-state index contributed by atoms with van der Waals surface area (Å²) in [6.07, 6.45) is -0.0613. The zero-order valence-corrected chi connectivity index (χ0v) is 5.13. The standard InChI is InChI=1S/C5H12N2O/c1-7-2-3-8-5(6)4-7/h5H,2-4,6H2,1H3. The van der Waals surface area contributed by atoms with Crippen LogP contribution in [0.2, 0.25) is 0 Å². The number of nitrogens with two attached hydrogens (primary N) is 1. The largest absolute Gasteiger partial charge is 0.361 e. The van der Waals surface area contributed by atoms with Crippen molar-refractivity contribution in [1.29, 1.82) is 0 Å². The van der Waals surface area contributed by atoms with E-state index in [4.69, 9.17) is 10.5 Å². The van der Waals surface area contributed by atoms with E-state index in [0.717, 1.165) is 19.7 Å². The molecule has 1 rings (SSSR count). The molecule has 1 aliphatic rings. The van der Waals surface area contributed by atoms with Gasteiger partial charge in [0, 0.05) is 13.1 Å². The maximum Gasteiger partial charge on any atom is 0.118 e. The van der Waals surface area contributed by atoms with Crippen molar-refractivity contribution in [3.63, 3.8) is 0 Å². The fraction of sp³-hybridized carbons (Fsp3) is 1.00. The van der Waals surface area contributed by atoms with Gasteiger partial charge in [-0.15, -0.1) is 0 Å². The first kappa shape index (κ1) is 6.01. The quantitative estimate of drug-likeness (QED) is 0.452. The van der Waals surface area contributed by atoms with Gasteiger partial charge in [0.1, 0.15) is 6.23 Å². The van der Waals surface area contributed by atoms with Gasteiger partial charge in [0.05, 0.1) is 6.61 Å². The van der Waals surface area contributed by atoms with Crippen LogP contribution in [-0.2, 0) is 4.74 Å². The number of nitrogens with zero attached hydrogens (tertiary/aromatic N) is 1. The number of hydrogen-bond acceptors (Lipinski definition) is 3. The Morgan fingerprint density at radius 2 is 2.50 bits per heavy atom. The average molecular weight is 116 g/mol. The third-order valence-corrected chi connectivity index (χ3v) is 1.30. The topological polar surface area (TPSA) is 38.5 Å². The SMILES string of the molecule is CN1CCOC(N)C1. The van der Waals surface area contributed by atoms with Crippen molar-refractivity contribution in [2.75, 3.05) is 26.7 Å². The molecule has 0 radical (unpaired) electrons. The van der Waals surface area contributed by atoms with Crippen LogP contribution < -0.4 is 5.73 Å². The molecule has 0 saturated carbocycles.